The Morgan fingerprint density at radius 3 is 2.27 bits per heavy atom. The highest BCUT2D eigenvalue weighted by atomic mass is 15.2. The van der Waals surface area contributed by atoms with Crippen LogP contribution < -0.4 is 5.32 Å². The van der Waals surface area contributed by atoms with E-state index in [4.69, 9.17) is 0 Å². The van der Waals surface area contributed by atoms with E-state index < -0.39 is 0 Å². The largest absolute Gasteiger partial charge is 0.382 e. The lowest BCUT2D eigenvalue weighted by atomic mass is 9.78. The average Bonchev–Trinajstić information content (AvgIpc) is 2.71. The molecule has 2 aliphatic rings. The van der Waals surface area contributed by atoms with Gasteiger partial charge in [-0.05, 0) is 55.7 Å². The minimum atomic E-state index is 0.617. The van der Waals surface area contributed by atoms with E-state index in [1.165, 1.54) is 62.9 Å². The number of benzene rings is 2. The van der Waals surface area contributed by atoms with Crippen LogP contribution in [0.3, 0.4) is 0 Å². The van der Waals surface area contributed by atoms with Gasteiger partial charge in [0, 0.05) is 30.9 Å². The number of rotatable bonds is 4. The standard InChI is InChI=1S/C24H32N2/c1-19-9-5-7-13-23(19)25-21-15-17-26(18-16-21)24-14-8-6-12-22(24)20-10-3-2-4-11-20/h2-5,7,9-11,13,21-22,24-25H,6,8,12,14-18H2,1H3/t22-,24-/m1/s1. The van der Waals surface area contributed by atoms with Gasteiger partial charge in [-0.3, -0.25) is 4.90 Å². The van der Waals surface area contributed by atoms with Gasteiger partial charge in [0.1, 0.15) is 0 Å². The molecule has 0 aromatic heterocycles. The highest BCUT2D eigenvalue weighted by molar-refractivity contribution is 5.51. The van der Waals surface area contributed by atoms with Crippen LogP contribution in [0.1, 0.15) is 55.6 Å². The lowest BCUT2D eigenvalue weighted by molar-refractivity contribution is 0.109. The average molecular weight is 349 g/mol. The molecule has 0 amide bonds. The topological polar surface area (TPSA) is 15.3 Å². The maximum Gasteiger partial charge on any atom is 0.0372 e. The molecule has 1 saturated carbocycles. The van der Waals surface area contributed by atoms with Crippen LogP contribution in [0.15, 0.2) is 54.6 Å². The third-order valence-electron chi connectivity index (χ3n) is 6.46. The normalized spacial score (nSPS) is 25.1. The van der Waals surface area contributed by atoms with Gasteiger partial charge in [0.15, 0.2) is 0 Å². The Kier molecular flexibility index (Phi) is 5.59. The monoisotopic (exact) mass is 348 g/mol. The van der Waals surface area contributed by atoms with E-state index in [-0.39, 0.29) is 0 Å². The van der Waals surface area contributed by atoms with Gasteiger partial charge in [-0.15, -0.1) is 0 Å². The summed E-state index contributed by atoms with van der Waals surface area (Å²) in [4.78, 5) is 2.80. The van der Waals surface area contributed by atoms with Crippen molar-refractivity contribution in [3.8, 4) is 0 Å². The molecule has 2 aromatic rings. The number of nitrogens with zero attached hydrogens (tertiary/aromatic N) is 1. The Balaban J connectivity index is 1.38. The maximum absolute atomic E-state index is 3.79. The highest BCUT2D eigenvalue weighted by Gasteiger charge is 2.33. The summed E-state index contributed by atoms with van der Waals surface area (Å²) in [5.74, 6) is 0.728. The van der Waals surface area contributed by atoms with Crippen LogP contribution in [0, 0.1) is 6.92 Å². The molecular weight excluding hydrogens is 316 g/mol. The number of anilines is 1. The molecule has 2 heteroatoms. The number of piperidine rings is 1. The van der Waals surface area contributed by atoms with Crippen molar-refractivity contribution in [1.29, 1.82) is 0 Å². The second-order valence-corrected chi connectivity index (χ2v) is 8.14. The number of hydrogen-bond donors (Lipinski definition) is 1. The van der Waals surface area contributed by atoms with E-state index in [1.807, 2.05) is 0 Å². The molecule has 0 spiro atoms. The van der Waals surface area contributed by atoms with Crippen molar-refractivity contribution in [1.82, 2.24) is 4.90 Å². The van der Waals surface area contributed by atoms with Crippen LogP contribution >= 0.6 is 0 Å². The SMILES string of the molecule is Cc1ccccc1NC1CCN([C@@H]2CCCC[C@@H]2c2ccccc2)CC1. The summed E-state index contributed by atoms with van der Waals surface area (Å²) in [6.45, 7) is 4.67. The van der Waals surface area contributed by atoms with Crippen LogP contribution in [0.2, 0.25) is 0 Å². The fourth-order valence-electron chi connectivity index (χ4n) is 4.97. The third-order valence-corrected chi connectivity index (χ3v) is 6.46. The van der Waals surface area contributed by atoms with Crippen molar-refractivity contribution in [2.24, 2.45) is 0 Å². The molecule has 1 N–H and O–H groups in total. The van der Waals surface area contributed by atoms with Gasteiger partial charge in [-0.25, -0.2) is 0 Å². The fraction of sp³-hybridized carbons (Fsp3) is 0.500. The first-order valence-electron chi connectivity index (χ1n) is 10.4. The van der Waals surface area contributed by atoms with Gasteiger partial charge < -0.3 is 5.32 Å². The predicted octanol–water partition coefficient (Wildman–Crippen LogP) is 5.60. The number of para-hydroxylation sites is 1. The second-order valence-electron chi connectivity index (χ2n) is 8.14. The number of aryl methyl sites for hydroxylation is 1. The first-order chi connectivity index (χ1) is 12.8. The highest BCUT2D eigenvalue weighted by Crippen LogP contribution is 2.37. The van der Waals surface area contributed by atoms with Crippen LogP contribution in [0.4, 0.5) is 5.69 Å². The van der Waals surface area contributed by atoms with Crippen molar-refractivity contribution in [2.75, 3.05) is 18.4 Å². The summed E-state index contributed by atoms with van der Waals surface area (Å²) < 4.78 is 0. The van der Waals surface area contributed by atoms with Crippen molar-refractivity contribution in [2.45, 2.75) is 63.5 Å². The number of hydrogen-bond acceptors (Lipinski definition) is 2. The molecular formula is C24H32N2. The summed E-state index contributed by atoms with van der Waals surface area (Å²) in [6, 6.07) is 21.3. The Bertz CT molecular complexity index is 688. The van der Waals surface area contributed by atoms with E-state index >= 15 is 0 Å². The van der Waals surface area contributed by atoms with Gasteiger partial charge in [0.05, 0.1) is 0 Å². The molecule has 1 aliphatic heterocycles. The molecule has 1 heterocycles. The van der Waals surface area contributed by atoms with Crippen LogP contribution in [0.5, 0.6) is 0 Å². The molecule has 1 aliphatic carbocycles. The predicted molar refractivity (Wildman–Crippen MR) is 111 cm³/mol. The first-order valence-corrected chi connectivity index (χ1v) is 10.4. The zero-order valence-electron chi connectivity index (χ0n) is 16.0. The minimum absolute atomic E-state index is 0.617. The van der Waals surface area contributed by atoms with E-state index in [0.29, 0.717) is 6.04 Å². The Morgan fingerprint density at radius 2 is 1.50 bits per heavy atom. The third kappa shape index (κ3) is 3.96. The lowest BCUT2D eigenvalue weighted by Crippen LogP contribution is -2.47. The molecule has 4 rings (SSSR count). The van der Waals surface area contributed by atoms with Gasteiger partial charge in [0.2, 0.25) is 0 Å². The number of likely N-dealkylation sites (tertiary alicyclic amines) is 1. The first kappa shape index (κ1) is 17.6. The molecule has 2 atom stereocenters. The van der Waals surface area contributed by atoms with E-state index in [1.54, 1.807) is 5.56 Å². The summed E-state index contributed by atoms with van der Waals surface area (Å²) in [6.07, 6.45) is 8.03. The zero-order chi connectivity index (χ0) is 17.8. The van der Waals surface area contributed by atoms with Gasteiger partial charge >= 0.3 is 0 Å². The molecule has 2 aromatic carbocycles. The van der Waals surface area contributed by atoms with Crippen molar-refractivity contribution >= 4 is 5.69 Å². The Labute approximate surface area is 158 Å². The molecule has 1 saturated heterocycles. The van der Waals surface area contributed by atoms with Crippen LogP contribution in [0.25, 0.3) is 0 Å². The van der Waals surface area contributed by atoms with Gasteiger partial charge in [-0.2, -0.15) is 0 Å². The maximum atomic E-state index is 3.79. The summed E-state index contributed by atoms with van der Waals surface area (Å²) in [7, 11) is 0. The van der Waals surface area contributed by atoms with Crippen molar-refractivity contribution in [3.05, 3.63) is 65.7 Å². The summed E-state index contributed by atoms with van der Waals surface area (Å²) in [5, 5.41) is 3.79. The zero-order valence-corrected chi connectivity index (χ0v) is 16.0. The van der Waals surface area contributed by atoms with Crippen molar-refractivity contribution in [3.63, 3.8) is 0 Å². The molecule has 0 unspecified atom stereocenters. The quantitative estimate of drug-likeness (QED) is 0.774. The van der Waals surface area contributed by atoms with Gasteiger partial charge in [-0.1, -0.05) is 61.4 Å². The Morgan fingerprint density at radius 1 is 0.808 bits per heavy atom. The second kappa shape index (κ2) is 8.26. The molecule has 0 radical (unpaired) electrons. The molecule has 26 heavy (non-hydrogen) atoms. The lowest BCUT2D eigenvalue weighted by Gasteiger charge is -2.44. The molecule has 0 bridgehead atoms. The van der Waals surface area contributed by atoms with Crippen LogP contribution in [-0.2, 0) is 0 Å². The van der Waals surface area contributed by atoms with E-state index in [0.717, 1.165) is 12.0 Å². The minimum Gasteiger partial charge on any atom is -0.382 e. The van der Waals surface area contributed by atoms with E-state index in [9.17, 15) is 0 Å². The smallest absolute Gasteiger partial charge is 0.0372 e. The fourth-order valence-corrected chi connectivity index (χ4v) is 4.97. The molecule has 2 fully saturated rings. The molecule has 138 valence electrons. The summed E-state index contributed by atoms with van der Waals surface area (Å²) >= 11 is 0. The number of nitrogens with one attached hydrogen (secondary N) is 1. The molecule has 2 nitrogen and oxygen atoms in total. The summed E-state index contributed by atoms with van der Waals surface area (Å²) in [5.41, 5.74) is 4.22. The van der Waals surface area contributed by atoms with Gasteiger partial charge in [0.25, 0.3) is 0 Å². The Hall–Kier alpha value is -1.80. The van der Waals surface area contributed by atoms with Crippen LogP contribution in [-0.4, -0.2) is 30.1 Å². The van der Waals surface area contributed by atoms with E-state index in [2.05, 4.69) is 71.7 Å². The van der Waals surface area contributed by atoms with Crippen molar-refractivity contribution < 1.29 is 0 Å².